The van der Waals surface area contributed by atoms with Crippen molar-refractivity contribution in [3.05, 3.63) is 36.5 Å². The summed E-state index contributed by atoms with van der Waals surface area (Å²) in [6, 6.07) is 9.80. The predicted molar refractivity (Wildman–Crippen MR) is 144 cm³/mol. The zero-order valence-corrected chi connectivity index (χ0v) is 22.3. The van der Waals surface area contributed by atoms with Crippen LogP contribution in [0.4, 0.5) is 5.82 Å². The lowest BCUT2D eigenvalue weighted by Crippen LogP contribution is -2.43. The van der Waals surface area contributed by atoms with E-state index in [0.29, 0.717) is 0 Å². The van der Waals surface area contributed by atoms with Gasteiger partial charge in [-0.3, -0.25) is 4.79 Å². The third-order valence-corrected chi connectivity index (χ3v) is 9.77. The number of imidazole rings is 1. The molecule has 11 heteroatoms. The van der Waals surface area contributed by atoms with Gasteiger partial charge in [0.15, 0.2) is 5.78 Å². The number of piperidine rings is 1. The molecule has 1 aliphatic carbocycles. The summed E-state index contributed by atoms with van der Waals surface area (Å²) < 4.78 is 37.6. The molecule has 2 aliphatic heterocycles. The fourth-order valence-corrected chi connectivity index (χ4v) is 7.56. The number of nitrogens with one attached hydrogen (secondary N) is 1. The molecule has 0 atom stereocenters. The standard InChI is InChI=1S/C27H33N5O5S/c1-36-23-7-8-24-25(14-23)30-27(29-24)18-2-9-26(28-15-18)31-12-10-22(11-13-31)37-21-5-3-19(4-6-21)32-16-20(33)17-38(32,34)35/h2,7-9,14-15,19,21-22H,3-6,10-13,16-17H2,1H3,(H,29,30). The summed E-state index contributed by atoms with van der Waals surface area (Å²) in [7, 11) is -1.77. The topological polar surface area (TPSA) is 118 Å². The zero-order chi connectivity index (χ0) is 26.3. The number of aromatic nitrogens is 3. The molecule has 3 fully saturated rings. The lowest BCUT2D eigenvalue weighted by atomic mass is 9.92. The van der Waals surface area contributed by atoms with Gasteiger partial charge in [0.25, 0.3) is 0 Å². The Morgan fingerprint density at radius 1 is 1.00 bits per heavy atom. The van der Waals surface area contributed by atoms with Crippen molar-refractivity contribution in [1.82, 2.24) is 19.3 Å². The van der Waals surface area contributed by atoms with Crippen LogP contribution in [-0.4, -0.2) is 84.2 Å². The van der Waals surface area contributed by atoms with Crippen molar-refractivity contribution >= 4 is 32.7 Å². The lowest BCUT2D eigenvalue weighted by molar-refractivity contribution is -0.116. The molecule has 4 heterocycles. The number of ether oxygens (including phenoxy) is 2. The Morgan fingerprint density at radius 3 is 2.42 bits per heavy atom. The molecule has 2 saturated heterocycles. The van der Waals surface area contributed by atoms with Crippen molar-refractivity contribution in [2.45, 2.75) is 56.8 Å². The Labute approximate surface area is 222 Å². The summed E-state index contributed by atoms with van der Waals surface area (Å²) in [4.78, 5) is 26.7. The Hall–Kier alpha value is -3.02. The van der Waals surface area contributed by atoms with Gasteiger partial charge in [-0.15, -0.1) is 0 Å². The number of aromatic amines is 1. The molecule has 0 unspecified atom stereocenters. The van der Waals surface area contributed by atoms with Crippen molar-refractivity contribution in [3.63, 3.8) is 0 Å². The zero-order valence-electron chi connectivity index (χ0n) is 21.5. The number of sulfonamides is 1. The minimum absolute atomic E-state index is 0.0412. The van der Waals surface area contributed by atoms with E-state index in [1.165, 1.54) is 4.31 Å². The molecule has 202 valence electrons. The van der Waals surface area contributed by atoms with Crippen molar-refractivity contribution in [2.75, 3.05) is 37.4 Å². The number of Topliss-reactive ketones (excluding diaryl/α,β-unsaturated/α-hetero) is 1. The summed E-state index contributed by atoms with van der Waals surface area (Å²) in [5.41, 5.74) is 2.75. The van der Waals surface area contributed by atoms with E-state index in [2.05, 4.69) is 14.9 Å². The smallest absolute Gasteiger partial charge is 0.221 e. The molecule has 0 amide bonds. The Balaban J connectivity index is 0.994. The maximum absolute atomic E-state index is 12.2. The van der Waals surface area contributed by atoms with Gasteiger partial charge in [0.2, 0.25) is 10.0 Å². The third kappa shape index (κ3) is 5.14. The molecule has 0 spiro atoms. The second-order valence-electron chi connectivity index (χ2n) is 10.5. The Kier molecular flexibility index (Phi) is 6.83. The largest absolute Gasteiger partial charge is 0.497 e. The first-order chi connectivity index (χ1) is 18.4. The van der Waals surface area contributed by atoms with Gasteiger partial charge in [0, 0.05) is 37.0 Å². The number of carbonyl (C=O) groups excluding carboxylic acids is 1. The van der Waals surface area contributed by atoms with Crippen LogP contribution in [0.15, 0.2) is 36.5 Å². The Morgan fingerprint density at radius 2 is 1.76 bits per heavy atom. The van der Waals surface area contributed by atoms with Gasteiger partial charge >= 0.3 is 0 Å². The van der Waals surface area contributed by atoms with Crippen LogP contribution in [0.5, 0.6) is 5.75 Å². The van der Waals surface area contributed by atoms with E-state index in [0.717, 1.165) is 85.6 Å². The molecule has 6 rings (SSSR count). The number of rotatable bonds is 6. The van der Waals surface area contributed by atoms with E-state index in [-0.39, 0.29) is 36.3 Å². The number of methoxy groups -OCH3 is 1. The number of H-pyrrole nitrogens is 1. The summed E-state index contributed by atoms with van der Waals surface area (Å²) in [5, 5.41) is 0. The van der Waals surface area contributed by atoms with E-state index in [4.69, 9.17) is 14.5 Å². The molecule has 3 aromatic rings. The van der Waals surface area contributed by atoms with E-state index in [1.807, 2.05) is 36.5 Å². The Bertz CT molecular complexity index is 1410. The maximum atomic E-state index is 12.2. The fraction of sp³-hybridized carbons (Fsp3) is 0.519. The van der Waals surface area contributed by atoms with Crippen LogP contribution in [0.25, 0.3) is 22.4 Å². The highest BCUT2D eigenvalue weighted by molar-refractivity contribution is 7.90. The number of anilines is 1. The number of ketones is 1. The maximum Gasteiger partial charge on any atom is 0.221 e. The molecular weight excluding hydrogens is 506 g/mol. The number of hydrogen-bond donors (Lipinski definition) is 1. The van der Waals surface area contributed by atoms with Crippen molar-refractivity contribution in [1.29, 1.82) is 0 Å². The van der Waals surface area contributed by atoms with Crippen LogP contribution in [-0.2, 0) is 19.6 Å². The predicted octanol–water partition coefficient (Wildman–Crippen LogP) is 3.14. The number of carbonyl (C=O) groups is 1. The lowest BCUT2D eigenvalue weighted by Gasteiger charge is -2.37. The first-order valence-electron chi connectivity index (χ1n) is 13.3. The van der Waals surface area contributed by atoms with Gasteiger partial charge < -0.3 is 19.4 Å². The highest BCUT2D eigenvalue weighted by Crippen LogP contribution is 2.31. The first-order valence-corrected chi connectivity index (χ1v) is 14.9. The van der Waals surface area contributed by atoms with Crippen LogP contribution in [0, 0.1) is 0 Å². The molecule has 0 bridgehead atoms. The minimum Gasteiger partial charge on any atom is -0.497 e. The minimum atomic E-state index is -3.42. The van der Waals surface area contributed by atoms with Crippen molar-refractivity contribution < 1.29 is 22.7 Å². The van der Waals surface area contributed by atoms with Crippen molar-refractivity contribution in [2.24, 2.45) is 0 Å². The highest BCUT2D eigenvalue weighted by atomic mass is 32.2. The summed E-state index contributed by atoms with van der Waals surface area (Å²) in [6.45, 7) is 1.80. The number of nitrogens with zero attached hydrogens (tertiary/aromatic N) is 4. The molecule has 1 N–H and O–H groups in total. The van der Waals surface area contributed by atoms with Gasteiger partial charge in [-0.25, -0.2) is 18.4 Å². The van der Waals surface area contributed by atoms with Crippen LogP contribution < -0.4 is 9.64 Å². The summed E-state index contributed by atoms with van der Waals surface area (Å²) in [6.07, 6.45) is 7.27. The first kappa shape index (κ1) is 25.3. The third-order valence-electron chi connectivity index (χ3n) is 7.95. The van der Waals surface area contributed by atoms with E-state index in [9.17, 15) is 13.2 Å². The second-order valence-corrected chi connectivity index (χ2v) is 12.4. The number of pyridine rings is 1. The fourth-order valence-electron chi connectivity index (χ4n) is 5.89. The second kappa shape index (κ2) is 10.3. The van der Waals surface area contributed by atoms with Crippen molar-refractivity contribution in [3.8, 4) is 17.1 Å². The summed E-state index contributed by atoms with van der Waals surface area (Å²) in [5.74, 6) is 1.98. The van der Waals surface area contributed by atoms with E-state index in [1.54, 1.807) is 7.11 Å². The summed E-state index contributed by atoms with van der Waals surface area (Å²) >= 11 is 0. The number of benzene rings is 1. The molecule has 1 aromatic carbocycles. The van der Waals surface area contributed by atoms with Gasteiger partial charge in [-0.05, 0) is 62.8 Å². The molecule has 2 aromatic heterocycles. The van der Waals surface area contributed by atoms with Gasteiger partial charge in [-0.2, -0.15) is 4.31 Å². The molecular formula is C27H33N5O5S. The SMILES string of the molecule is COc1ccc2nc(-c3ccc(N4CCC(OC5CCC(N6CC(=O)CS6(=O)=O)CC5)CC4)nc3)[nH]c2c1. The van der Waals surface area contributed by atoms with E-state index >= 15 is 0 Å². The van der Waals surface area contributed by atoms with Crippen LogP contribution >= 0.6 is 0 Å². The van der Waals surface area contributed by atoms with E-state index < -0.39 is 10.0 Å². The quantitative estimate of drug-likeness (QED) is 0.508. The number of fused-ring (bicyclic) bond motifs is 1. The van der Waals surface area contributed by atoms with Crippen LogP contribution in [0.1, 0.15) is 38.5 Å². The number of hydrogen-bond acceptors (Lipinski definition) is 8. The van der Waals surface area contributed by atoms with Crippen LogP contribution in [0.3, 0.4) is 0 Å². The molecule has 38 heavy (non-hydrogen) atoms. The normalized spacial score (nSPS) is 24.8. The average molecular weight is 540 g/mol. The van der Waals surface area contributed by atoms with Gasteiger partial charge in [0.1, 0.15) is 23.1 Å². The van der Waals surface area contributed by atoms with Crippen LogP contribution in [0.2, 0.25) is 0 Å². The molecule has 1 saturated carbocycles. The van der Waals surface area contributed by atoms with Gasteiger partial charge in [-0.1, -0.05) is 0 Å². The molecule has 3 aliphatic rings. The molecule has 0 radical (unpaired) electrons. The highest BCUT2D eigenvalue weighted by Gasteiger charge is 2.41. The monoisotopic (exact) mass is 539 g/mol. The average Bonchev–Trinajstić information content (AvgIpc) is 3.48. The van der Waals surface area contributed by atoms with Gasteiger partial charge in [0.05, 0.1) is 36.9 Å². The molecule has 10 nitrogen and oxygen atoms in total.